The number of alkyl halides is 1. The quantitative estimate of drug-likeness (QED) is 0.601. The van der Waals surface area contributed by atoms with Crippen molar-refractivity contribution in [1.29, 1.82) is 0 Å². The molecule has 19 heavy (non-hydrogen) atoms. The molecule has 0 saturated carbocycles. The van der Waals surface area contributed by atoms with Crippen LogP contribution in [0.2, 0.25) is 0 Å². The third-order valence-electron chi connectivity index (χ3n) is 2.46. The van der Waals surface area contributed by atoms with Crippen molar-refractivity contribution in [1.82, 2.24) is 9.62 Å². The first-order valence-electron chi connectivity index (χ1n) is 5.70. The van der Waals surface area contributed by atoms with Crippen LogP contribution in [0.5, 0.6) is 0 Å². The second kappa shape index (κ2) is 7.00. The lowest BCUT2D eigenvalue weighted by atomic mass is 10.1. The van der Waals surface area contributed by atoms with Gasteiger partial charge in [0.15, 0.2) is 5.78 Å². The summed E-state index contributed by atoms with van der Waals surface area (Å²) in [4.78, 5) is 13.3. The SMILES string of the molecule is CN(C)CCNS(=O)(=O)c1ccc(C(=O)CCl)cc1. The number of benzene rings is 1. The molecule has 0 amide bonds. The molecule has 0 atom stereocenters. The standard InChI is InChI=1S/C12H17ClN2O3S/c1-15(2)8-7-14-19(17,18)11-5-3-10(4-6-11)12(16)9-13/h3-6,14H,7-9H2,1-2H3. The van der Waals surface area contributed by atoms with Crippen molar-refractivity contribution >= 4 is 27.4 Å². The van der Waals surface area contributed by atoms with Crippen molar-refractivity contribution in [3.63, 3.8) is 0 Å². The van der Waals surface area contributed by atoms with E-state index in [1.54, 1.807) is 0 Å². The zero-order valence-corrected chi connectivity index (χ0v) is 12.5. The third kappa shape index (κ3) is 4.91. The number of likely N-dealkylation sites (N-methyl/N-ethyl adjacent to an activating group) is 1. The number of rotatable bonds is 7. The average molecular weight is 305 g/mol. The average Bonchev–Trinajstić information content (AvgIpc) is 2.37. The minimum absolute atomic E-state index is 0.118. The van der Waals surface area contributed by atoms with Gasteiger partial charge in [-0.3, -0.25) is 4.79 Å². The highest BCUT2D eigenvalue weighted by Gasteiger charge is 2.14. The first kappa shape index (κ1) is 16.1. The fourth-order valence-electron chi connectivity index (χ4n) is 1.38. The van der Waals surface area contributed by atoms with E-state index in [-0.39, 0.29) is 16.6 Å². The molecule has 0 saturated heterocycles. The molecule has 1 N–H and O–H groups in total. The van der Waals surface area contributed by atoms with Crippen LogP contribution in [-0.2, 0) is 10.0 Å². The van der Waals surface area contributed by atoms with Gasteiger partial charge in [-0.2, -0.15) is 0 Å². The van der Waals surface area contributed by atoms with Gasteiger partial charge < -0.3 is 4.90 Å². The predicted molar refractivity (Wildman–Crippen MR) is 75.2 cm³/mol. The Bertz CT molecular complexity index is 526. The Morgan fingerprint density at radius 1 is 1.26 bits per heavy atom. The molecule has 7 heteroatoms. The van der Waals surface area contributed by atoms with Gasteiger partial charge in [0.05, 0.1) is 10.8 Å². The molecule has 0 aromatic heterocycles. The second-order valence-corrected chi connectivity index (χ2v) is 6.32. The Kier molecular flexibility index (Phi) is 5.93. The molecule has 1 aromatic rings. The first-order chi connectivity index (χ1) is 8.86. The van der Waals surface area contributed by atoms with Gasteiger partial charge in [0.2, 0.25) is 10.0 Å². The number of nitrogens with zero attached hydrogens (tertiary/aromatic N) is 1. The molecule has 5 nitrogen and oxygen atoms in total. The third-order valence-corrected chi connectivity index (χ3v) is 4.18. The Balaban J connectivity index is 2.76. The number of halogens is 1. The molecule has 1 aromatic carbocycles. The molecule has 0 aliphatic rings. The summed E-state index contributed by atoms with van der Waals surface area (Å²) in [5.41, 5.74) is 0.405. The van der Waals surface area contributed by atoms with Crippen molar-refractivity contribution in [2.24, 2.45) is 0 Å². The van der Waals surface area contributed by atoms with E-state index in [0.29, 0.717) is 18.7 Å². The topological polar surface area (TPSA) is 66.5 Å². The maximum atomic E-state index is 11.9. The first-order valence-corrected chi connectivity index (χ1v) is 7.72. The number of nitrogens with one attached hydrogen (secondary N) is 1. The predicted octanol–water partition coefficient (Wildman–Crippen LogP) is 0.948. The lowest BCUT2D eigenvalue weighted by molar-refractivity contribution is 0.102. The number of carbonyl (C=O) groups excluding carboxylic acids is 1. The highest BCUT2D eigenvalue weighted by atomic mass is 35.5. The van der Waals surface area contributed by atoms with Crippen molar-refractivity contribution in [3.05, 3.63) is 29.8 Å². The molecule has 0 bridgehead atoms. The normalized spacial score (nSPS) is 11.8. The van der Waals surface area contributed by atoms with Gasteiger partial charge in [0.1, 0.15) is 0 Å². The Labute approximate surface area is 118 Å². The molecule has 0 aliphatic heterocycles. The summed E-state index contributed by atoms with van der Waals surface area (Å²) >= 11 is 5.43. The molecule has 0 radical (unpaired) electrons. The molecule has 0 unspecified atom stereocenters. The van der Waals surface area contributed by atoms with Crippen LogP contribution >= 0.6 is 11.6 Å². The van der Waals surface area contributed by atoms with Crippen LogP contribution in [0.3, 0.4) is 0 Å². The van der Waals surface area contributed by atoms with Gasteiger partial charge in [-0.05, 0) is 26.2 Å². The van der Waals surface area contributed by atoms with Crippen molar-refractivity contribution < 1.29 is 13.2 Å². The lowest BCUT2D eigenvalue weighted by Crippen LogP contribution is -2.31. The van der Waals surface area contributed by atoms with Gasteiger partial charge >= 0.3 is 0 Å². The van der Waals surface area contributed by atoms with Gasteiger partial charge in [-0.25, -0.2) is 13.1 Å². The summed E-state index contributed by atoms with van der Waals surface area (Å²) in [5.74, 6) is -0.348. The van der Waals surface area contributed by atoms with Gasteiger partial charge in [-0.1, -0.05) is 12.1 Å². The number of carbonyl (C=O) groups is 1. The zero-order valence-electron chi connectivity index (χ0n) is 10.9. The minimum Gasteiger partial charge on any atom is -0.308 e. The summed E-state index contributed by atoms with van der Waals surface area (Å²) in [6.07, 6.45) is 0. The molecular formula is C12H17ClN2O3S. The summed E-state index contributed by atoms with van der Waals surface area (Å²) in [7, 11) is 0.198. The van der Waals surface area contributed by atoms with Crippen LogP contribution in [-0.4, -0.2) is 52.2 Å². The lowest BCUT2D eigenvalue weighted by Gasteiger charge is -2.11. The highest BCUT2D eigenvalue weighted by Crippen LogP contribution is 2.11. The fourth-order valence-corrected chi connectivity index (χ4v) is 2.56. The van der Waals surface area contributed by atoms with Crippen LogP contribution in [0, 0.1) is 0 Å². The summed E-state index contributed by atoms with van der Waals surface area (Å²) in [6, 6.07) is 5.73. The monoisotopic (exact) mass is 304 g/mol. The molecule has 0 aliphatic carbocycles. The van der Waals surface area contributed by atoms with E-state index in [1.165, 1.54) is 24.3 Å². The molecule has 0 fully saturated rings. The maximum Gasteiger partial charge on any atom is 0.240 e. The molecule has 1 rings (SSSR count). The summed E-state index contributed by atoms with van der Waals surface area (Å²) in [6.45, 7) is 0.944. The maximum absolute atomic E-state index is 11.9. The molecular weight excluding hydrogens is 288 g/mol. The Hall–Kier alpha value is -0.950. The molecule has 106 valence electrons. The van der Waals surface area contributed by atoms with E-state index in [9.17, 15) is 13.2 Å². The summed E-state index contributed by atoms with van der Waals surface area (Å²) < 4.78 is 26.3. The van der Waals surface area contributed by atoms with E-state index >= 15 is 0 Å². The fraction of sp³-hybridized carbons (Fsp3) is 0.417. The van der Waals surface area contributed by atoms with Crippen LogP contribution < -0.4 is 4.72 Å². The number of hydrogen-bond donors (Lipinski definition) is 1. The Morgan fingerprint density at radius 3 is 2.32 bits per heavy atom. The Morgan fingerprint density at radius 2 is 1.84 bits per heavy atom. The number of hydrogen-bond acceptors (Lipinski definition) is 4. The van der Waals surface area contributed by atoms with Crippen LogP contribution in [0.15, 0.2) is 29.2 Å². The molecule has 0 spiro atoms. The van der Waals surface area contributed by atoms with Crippen molar-refractivity contribution in [3.8, 4) is 0 Å². The van der Waals surface area contributed by atoms with Crippen LogP contribution in [0.1, 0.15) is 10.4 Å². The van der Waals surface area contributed by atoms with Gasteiger partial charge in [0.25, 0.3) is 0 Å². The van der Waals surface area contributed by atoms with E-state index < -0.39 is 10.0 Å². The number of Topliss-reactive ketones (excluding diaryl/α,β-unsaturated/α-hetero) is 1. The van der Waals surface area contributed by atoms with E-state index in [0.717, 1.165) is 0 Å². The molecule has 0 heterocycles. The number of sulfonamides is 1. The van der Waals surface area contributed by atoms with Crippen molar-refractivity contribution in [2.75, 3.05) is 33.1 Å². The van der Waals surface area contributed by atoms with Crippen LogP contribution in [0.25, 0.3) is 0 Å². The largest absolute Gasteiger partial charge is 0.308 e. The van der Waals surface area contributed by atoms with Crippen molar-refractivity contribution in [2.45, 2.75) is 4.90 Å². The zero-order chi connectivity index (χ0) is 14.5. The second-order valence-electron chi connectivity index (χ2n) is 4.28. The van der Waals surface area contributed by atoms with E-state index in [1.807, 2.05) is 19.0 Å². The van der Waals surface area contributed by atoms with Gasteiger partial charge in [-0.15, -0.1) is 11.6 Å². The summed E-state index contributed by atoms with van der Waals surface area (Å²) in [5, 5.41) is 0. The van der Waals surface area contributed by atoms with E-state index in [2.05, 4.69) is 4.72 Å². The smallest absolute Gasteiger partial charge is 0.240 e. The van der Waals surface area contributed by atoms with Crippen LogP contribution in [0.4, 0.5) is 0 Å². The van der Waals surface area contributed by atoms with E-state index in [4.69, 9.17) is 11.6 Å². The minimum atomic E-state index is -3.53. The highest BCUT2D eigenvalue weighted by molar-refractivity contribution is 7.89. The number of ketones is 1. The van der Waals surface area contributed by atoms with Gasteiger partial charge in [0, 0.05) is 18.7 Å².